The molecule has 1 aliphatic rings. The first-order valence-corrected chi connectivity index (χ1v) is 8.09. The second-order valence-electron chi connectivity index (χ2n) is 5.14. The predicted octanol–water partition coefficient (Wildman–Crippen LogP) is 3.03. The predicted molar refractivity (Wildman–Crippen MR) is 89.3 cm³/mol. The highest BCUT2D eigenvalue weighted by Gasteiger charge is 2.19. The Kier molecular flexibility index (Phi) is 5.59. The maximum Gasteiger partial charge on any atom is 0.270 e. The van der Waals surface area contributed by atoms with E-state index in [1.165, 1.54) is 12.8 Å². The van der Waals surface area contributed by atoms with E-state index < -0.39 is 0 Å². The number of halogens is 1. The Labute approximate surface area is 133 Å². The lowest BCUT2D eigenvalue weighted by Crippen LogP contribution is -2.38. The molecule has 0 radical (unpaired) electrons. The minimum atomic E-state index is -0.340. The van der Waals surface area contributed by atoms with Gasteiger partial charge in [0.25, 0.3) is 5.69 Å². The Hall–Kier alpha value is -0.890. The molecule has 0 saturated carbocycles. The molecule has 0 aliphatic carbocycles. The first-order valence-electron chi connectivity index (χ1n) is 7.01. The number of nitro groups is 1. The van der Waals surface area contributed by atoms with Gasteiger partial charge in [-0.3, -0.25) is 10.1 Å². The smallest absolute Gasteiger partial charge is 0.270 e. The maximum absolute atomic E-state index is 10.8. The van der Waals surface area contributed by atoms with Gasteiger partial charge in [-0.1, -0.05) is 0 Å². The number of piperidine rings is 1. The number of benzene rings is 1. The van der Waals surface area contributed by atoms with Crippen molar-refractivity contribution in [3.05, 3.63) is 31.9 Å². The van der Waals surface area contributed by atoms with Gasteiger partial charge in [0.05, 0.1) is 10.6 Å². The van der Waals surface area contributed by atoms with Crippen molar-refractivity contribution >= 4 is 34.0 Å². The number of anilines is 1. The second-order valence-corrected chi connectivity index (χ2v) is 6.31. The van der Waals surface area contributed by atoms with E-state index in [9.17, 15) is 10.1 Å². The number of nitrogens with one attached hydrogen (secondary N) is 1. The van der Waals surface area contributed by atoms with Gasteiger partial charge in [0, 0.05) is 28.8 Å². The molecule has 1 saturated heterocycles. The molecule has 0 bridgehead atoms. The fourth-order valence-electron chi connectivity index (χ4n) is 2.66. The Morgan fingerprint density at radius 3 is 2.90 bits per heavy atom. The lowest BCUT2D eigenvalue weighted by molar-refractivity contribution is -0.384. The summed E-state index contributed by atoms with van der Waals surface area (Å²) in [6.07, 6.45) is 2.49. The quantitative estimate of drug-likeness (QED) is 0.478. The van der Waals surface area contributed by atoms with Gasteiger partial charge >= 0.3 is 0 Å². The van der Waals surface area contributed by atoms with E-state index in [4.69, 9.17) is 0 Å². The Balaban J connectivity index is 2.12. The molecule has 1 aromatic rings. The summed E-state index contributed by atoms with van der Waals surface area (Å²) < 4.78 is 0.947. The third kappa shape index (κ3) is 3.82. The van der Waals surface area contributed by atoms with Crippen LogP contribution in [0, 0.1) is 19.6 Å². The van der Waals surface area contributed by atoms with Gasteiger partial charge in [-0.25, -0.2) is 0 Å². The van der Waals surface area contributed by atoms with E-state index >= 15 is 0 Å². The van der Waals surface area contributed by atoms with Gasteiger partial charge in [-0.2, -0.15) is 0 Å². The summed E-state index contributed by atoms with van der Waals surface area (Å²) in [5.41, 5.74) is 1.26. The van der Waals surface area contributed by atoms with Crippen molar-refractivity contribution in [1.29, 1.82) is 0 Å². The summed E-state index contributed by atoms with van der Waals surface area (Å²) in [6.45, 7) is 6.26. The van der Waals surface area contributed by atoms with Crippen LogP contribution in [0.1, 0.15) is 19.8 Å². The van der Waals surface area contributed by atoms with Gasteiger partial charge in [0.1, 0.15) is 0 Å². The summed E-state index contributed by atoms with van der Waals surface area (Å²) in [7, 11) is 0. The first-order chi connectivity index (χ1) is 9.61. The molecule has 1 atom stereocenters. The summed E-state index contributed by atoms with van der Waals surface area (Å²) in [5.74, 6) is 0.662. The monoisotopic (exact) mass is 389 g/mol. The molecule has 1 unspecified atom stereocenters. The van der Waals surface area contributed by atoms with Crippen molar-refractivity contribution in [1.82, 2.24) is 5.32 Å². The first kappa shape index (κ1) is 15.5. The van der Waals surface area contributed by atoms with Crippen LogP contribution in [-0.4, -0.2) is 31.1 Å². The zero-order chi connectivity index (χ0) is 14.5. The minimum absolute atomic E-state index is 0.161. The molecule has 0 spiro atoms. The van der Waals surface area contributed by atoms with E-state index in [0.29, 0.717) is 5.92 Å². The minimum Gasteiger partial charge on any atom is -0.371 e. The molecule has 1 aliphatic heterocycles. The molecule has 2 rings (SSSR count). The van der Waals surface area contributed by atoms with Gasteiger partial charge in [-0.05, 0) is 67.4 Å². The van der Waals surface area contributed by atoms with E-state index in [-0.39, 0.29) is 10.6 Å². The van der Waals surface area contributed by atoms with Crippen LogP contribution in [0.3, 0.4) is 0 Å². The molecule has 6 heteroatoms. The molecule has 0 aromatic heterocycles. The molecule has 1 fully saturated rings. The number of nitrogens with zero attached hydrogens (tertiary/aromatic N) is 2. The molecule has 5 nitrogen and oxygen atoms in total. The number of non-ortho nitro benzene ring substituents is 1. The zero-order valence-electron chi connectivity index (χ0n) is 11.6. The van der Waals surface area contributed by atoms with Crippen LogP contribution in [0.5, 0.6) is 0 Å². The molecule has 1 heterocycles. The summed E-state index contributed by atoms with van der Waals surface area (Å²) in [5, 5.41) is 14.2. The highest BCUT2D eigenvalue weighted by atomic mass is 127. The second kappa shape index (κ2) is 7.21. The van der Waals surface area contributed by atoms with Crippen molar-refractivity contribution in [3.63, 3.8) is 0 Å². The Morgan fingerprint density at radius 1 is 1.55 bits per heavy atom. The standard InChI is InChI=1S/C14H20IN3O2/c1-2-17(10-11-4-3-7-16-9-11)14-6-5-12(18(19)20)8-13(14)15/h5-6,8,11,16H,2-4,7,9-10H2,1H3. The van der Waals surface area contributed by atoms with Crippen LogP contribution >= 0.6 is 22.6 Å². The lowest BCUT2D eigenvalue weighted by Gasteiger charge is -2.31. The Morgan fingerprint density at radius 2 is 2.35 bits per heavy atom. The van der Waals surface area contributed by atoms with Gasteiger partial charge in [0.15, 0.2) is 0 Å². The molecular formula is C14H20IN3O2. The third-order valence-electron chi connectivity index (χ3n) is 3.74. The topological polar surface area (TPSA) is 58.4 Å². The fourth-order valence-corrected chi connectivity index (χ4v) is 3.50. The molecular weight excluding hydrogens is 369 g/mol. The normalized spacial score (nSPS) is 18.8. The van der Waals surface area contributed by atoms with Crippen molar-refractivity contribution < 1.29 is 4.92 Å². The van der Waals surface area contributed by atoms with Crippen molar-refractivity contribution in [2.24, 2.45) is 5.92 Å². The van der Waals surface area contributed by atoms with Gasteiger partial charge in [0.2, 0.25) is 0 Å². The highest BCUT2D eigenvalue weighted by Crippen LogP contribution is 2.28. The molecule has 110 valence electrons. The summed E-state index contributed by atoms with van der Waals surface area (Å²) in [6, 6.07) is 5.12. The average Bonchev–Trinajstić information content (AvgIpc) is 2.46. The highest BCUT2D eigenvalue weighted by molar-refractivity contribution is 14.1. The van der Waals surface area contributed by atoms with Crippen LogP contribution < -0.4 is 10.2 Å². The molecule has 0 amide bonds. The third-order valence-corrected chi connectivity index (χ3v) is 4.61. The number of hydrogen-bond donors (Lipinski definition) is 1. The van der Waals surface area contributed by atoms with E-state index in [1.54, 1.807) is 12.1 Å². The van der Waals surface area contributed by atoms with Crippen LogP contribution in [-0.2, 0) is 0 Å². The molecule has 20 heavy (non-hydrogen) atoms. The molecule has 1 aromatic carbocycles. The maximum atomic E-state index is 10.8. The zero-order valence-corrected chi connectivity index (χ0v) is 13.8. The number of rotatable bonds is 5. The van der Waals surface area contributed by atoms with E-state index in [1.807, 2.05) is 6.07 Å². The summed E-state index contributed by atoms with van der Waals surface area (Å²) >= 11 is 2.19. The average molecular weight is 389 g/mol. The summed E-state index contributed by atoms with van der Waals surface area (Å²) in [4.78, 5) is 12.8. The fraction of sp³-hybridized carbons (Fsp3) is 0.571. The van der Waals surface area contributed by atoms with Crippen molar-refractivity contribution in [2.45, 2.75) is 19.8 Å². The molecule has 1 N–H and O–H groups in total. The largest absolute Gasteiger partial charge is 0.371 e. The van der Waals surface area contributed by atoms with Crippen LogP contribution in [0.25, 0.3) is 0 Å². The van der Waals surface area contributed by atoms with Crippen LogP contribution in [0.4, 0.5) is 11.4 Å². The van der Waals surface area contributed by atoms with Crippen LogP contribution in [0.2, 0.25) is 0 Å². The number of nitro benzene ring substituents is 1. The lowest BCUT2D eigenvalue weighted by atomic mass is 9.99. The SMILES string of the molecule is CCN(CC1CCCNC1)c1ccc([N+](=O)[O-])cc1I. The van der Waals surface area contributed by atoms with E-state index in [0.717, 1.165) is 35.4 Å². The van der Waals surface area contributed by atoms with Crippen molar-refractivity contribution in [3.8, 4) is 0 Å². The van der Waals surface area contributed by atoms with Gasteiger partial charge < -0.3 is 10.2 Å². The van der Waals surface area contributed by atoms with Gasteiger partial charge in [-0.15, -0.1) is 0 Å². The number of hydrogen-bond acceptors (Lipinski definition) is 4. The van der Waals surface area contributed by atoms with Crippen molar-refractivity contribution in [2.75, 3.05) is 31.1 Å². The van der Waals surface area contributed by atoms with Crippen LogP contribution in [0.15, 0.2) is 18.2 Å². The van der Waals surface area contributed by atoms with E-state index in [2.05, 4.69) is 39.7 Å². The Bertz CT molecular complexity index is 475.